The van der Waals surface area contributed by atoms with Gasteiger partial charge in [-0.05, 0) is 62.1 Å². The average Bonchev–Trinajstić information content (AvgIpc) is 3.01. The normalized spacial score (nSPS) is 9.51. The van der Waals surface area contributed by atoms with Crippen molar-refractivity contribution in [3.8, 4) is 11.5 Å². The summed E-state index contributed by atoms with van der Waals surface area (Å²) in [7, 11) is 0. The Morgan fingerprint density at radius 2 is 1.11 bits per heavy atom. The van der Waals surface area contributed by atoms with Gasteiger partial charge in [-0.15, -0.1) is 0 Å². The number of aromatic hydroxyl groups is 1. The first-order valence-corrected chi connectivity index (χ1v) is 17.0. The molecule has 0 spiro atoms. The fraction of sp³-hybridized carbons (Fsp3) is 0.387. The number of hydrogen-bond acceptors (Lipinski definition) is 9. The van der Waals surface area contributed by atoms with Gasteiger partial charge in [0.25, 0.3) is 6.47 Å². The monoisotopic (exact) mass is 868 g/mol. The molecule has 0 bridgehead atoms. The zero-order valence-electron chi connectivity index (χ0n) is 26.7. The summed E-state index contributed by atoms with van der Waals surface area (Å²) < 4.78 is 15.6. The quantitative estimate of drug-likeness (QED) is 0.0404. The van der Waals surface area contributed by atoms with Crippen LogP contribution >= 0.6 is 47.8 Å². The molecule has 0 aliphatic rings. The largest absolute Gasteiger partial charge is 1.00 e. The molecular formula is C31H37Br3K2O9. The Hall–Kier alpha value is 0.603. The maximum absolute atomic E-state index is 11.1. The number of carbonyl (C=O) groups is 1. The molecule has 2 aromatic heterocycles. The van der Waals surface area contributed by atoms with E-state index in [4.69, 9.17) is 28.7 Å². The number of unbranched alkanes of at least 4 members (excludes halogenated alkanes) is 6. The number of phenolic OH excluding ortho intramolecular Hbond substituents is 1. The molecule has 4 rings (SSSR count). The fourth-order valence-electron chi connectivity index (χ4n) is 3.46. The van der Waals surface area contributed by atoms with Crippen LogP contribution in [0.2, 0.25) is 0 Å². The number of carbonyl (C=O) groups excluding carboxylic acids is 1. The number of rotatable bonds is 13. The van der Waals surface area contributed by atoms with Gasteiger partial charge in [0, 0.05) is 51.0 Å². The van der Waals surface area contributed by atoms with Gasteiger partial charge in [0.15, 0.2) is 0 Å². The van der Waals surface area contributed by atoms with Gasteiger partial charge in [-0.2, -0.15) is 0 Å². The second-order valence-electron chi connectivity index (χ2n) is 8.87. The van der Waals surface area contributed by atoms with Crippen molar-refractivity contribution in [2.24, 2.45) is 0 Å². The molecule has 2 heterocycles. The maximum Gasteiger partial charge on any atom is 1.00 e. The van der Waals surface area contributed by atoms with Crippen molar-refractivity contribution in [2.45, 2.75) is 51.4 Å². The predicted molar refractivity (Wildman–Crippen MR) is 179 cm³/mol. The minimum atomic E-state index is -0.409. The summed E-state index contributed by atoms with van der Waals surface area (Å²) in [5.41, 5.74) is 0.235. The van der Waals surface area contributed by atoms with Gasteiger partial charge in [-0.3, -0.25) is 4.79 Å². The fourth-order valence-corrected chi connectivity index (χ4v) is 4.65. The topological polar surface area (TPSA) is 139 Å². The molecule has 45 heavy (non-hydrogen) atoms. The molecule has 0 saturated carbocycles. The molecule has 4 aromatic rings. The van der Waals surface area contributed by atoms with Crippen molar-refractivity contribution in [1.82, 2.24) is 0 Å². The van der Waals surface area contributed by atoms with Crippen LogP contribution in [0.1, 0.15) is 52.8 Å². The van der Waals surface area contributed by atoms with Crippen LogP contribution in [0.5, 0.6) is 11.5 Å². The molecule has 0 saturated heterocycles. The summed E-state index contributed by atoms with van der Waals surface area (Å²) in [5.74, 6) is 0.846. The van der Waals surface area contributed by atoms with E-state index >= 15 is 0 Å². The molecule has 0 amide bonds. The Kier molecular flexibility index (Phi) is 33.8. The van der Waals surface area contributed by atoms with Crippen molar-refractivity contribution in [1.29, 1.82) is 0 Å². The first-order valence-electron chi connectivity index (χ1n) is 13.7. The Morgan fingerprint density at radius 3 is 1.58 bits per heavy atom. The van der Waals surface area contributed by atoms with E-state index in [1.807, 2.05) is 12.1 Å². The summed E-state index contributed by atoms with van der Waals surface area (Å²) in [6, 6.07) is 16.4. The molecule has 0 atom stereocenters. The molecule has 0 aliphatic carbocycles. The Morgan fingerprint density at radius 1 is 0.689 bits per heavy atom. The number of ether oxygens (including phenoxy) is 1. The third-order valence-corrected chi connectivity index (χ3v) is 7.24. The van der Waals surface area contributed by atoms with Gasteiger partial charge in [-0.1, -0.05) is 73.5 Å². The van der Waals surface area contributed by atoms with E-state index in [1.165, 1.54) is 63.1 Å². The number of hydrogen-bond donors (Lipinski definition) is 1. The minimum absolute atomic E-state index is 0. The van der Waals surface area contributed by atoms with Crippen LogP contribution in [0.25, 0.3) is 21.9 Å². The molecular weight excluding hydrogens is 834 g/mol. The Balaban J connectivity index is -0.000000593. The summed E-state index contributed by atoms with van der Waals surface area (Å²) in [6.07, 6.45) is 10.0. The van der Waals surface area contributed by atoms with Crippen LogP contribution < -0.4 is 124 Å². The molecule has 0 unspecified atom stereocenters. The van der Waals surface area contributed by atoms with Crippen LogP contribution in [0.15, 0.2) is 79.1 Å². The summed E-state index contributed by atoms with van der Waals surface area (Å²) in [6.45, 7) is 0.519. The van der Waals surface area contributed by atoms with Crippen molar-refractivity contribution >= 4 is 76.2 Å². The van der Waals surface area contributed by atoms with Gasteiger partial charge in [0.2, 0.25) is 0 Å². The molecule has 2 aromatic carbocycles. The zero-order valence-corrected chi connectivity index (χ0v) is 36.7. The number of benzene rings is 2. The number of fused-ring (bicyclic) bond motifs is 2. The maximum atomic E-state index is 11.1. The zero-order chi connectivity index (χ0) is 31.7. The molecule has 1 N–H and O–H groups in total. The van der Waals surface area contributed by atoms with E-state index in [2.05, 4.69) is 52.7 Å². The average molecular weight is 872 g/mol. The van der Waals surface area contributed by atoms with E-state index in [-0.39, 0.29) is 122 Å². The molecule has 0 aliphatic heterocycles. The second-order valence-corrected chi connectivity index (χ2v) is 11.2. The number of halogens is 3. The third kappa shape index (κ3) is 23.6. The van der Waals surface area contributed by atoms with Crippen molar-refractivity contribution in [3.63, 3.8) is 0 Å². The second kappa shape index (κ2) is 31.8. The third-order valence-electron chi connectivity index (χ3n) is 5.55. The van der Waals surface area contributed by atoms with Gasteiger partial charge >= 0.3 is 114 Å². The summed E-state index contributed by atoms with van der Waals surface area (Å²) in [5, 5.41) is 22.6. The molecule has 238 valence electrons. The smallest absolute Gasteiger partial charge is 1.00 e. The van der Waals surface area contributed by atoms with Crippen molar-refractivity contribution < 1.29 is 138 Å². The van der Waals surface area contributed by atoms with Crippen LogP contribution in [0, 0.1) is 0 Å². The van der Waals surface area contributed by atoms with Crippen LogP contribution in [0.4, 0.5) is 0 Å². The van der Waals surface area contributed by atoms with E-state index < -0.39 is 5.63 Å². The van der Waals surface area contributed by atoms with E-state index in [9.17, 15) is 9.59 Å². The predicted octanol–water partition coefficient (Wildman–Crippen LogP) is 1.52. The first kappa shape index (κ1) is 47.7. The summed E-state index contributed by atoms with van der Waals surface area (Å²) in [4.78, 5) is 33.1. The Bertz CT molecular complexity index is 1440. The van der Waals surface area contributed by atoms with E-state index in [0.29, 0.717) is 17.8 Å². The molecule has 9 nitrogen and oxygen atoms in total. The Labute approximate surface area is 374 Å². The van der Waals surface area contributed by atoms with Crippen molar-refractivity contribution in [2.75, 3.05) is 22.6 Å². The standard InChI is InChI=1S/C15H17BrO3.C9H6O3.C6H12Br2.CH2O3.2K.H/c16-9-3-1-2-4-10-18-13-7-5-12-6-8-15(17)19-14(12)11-13;10-7-3-1-6-2-4-9(11)12-8(6)5-7;7-5-3-1-2-4-6-8;2-1-4-3;;;/h5-8,11H,1-4,9-10H2;1-5,10H;1-6H2;1,3H;;;/q;;;;2*+1;-1/p-1. The molecule has 0 fully saturated rings. The van der Waals surface area contributed by atoms with Crippen LogP contribution in [0.3, 0.4) is 0 Å². The SMILES string of the molecule is BrCCCCCCBr.O=CO[O-].O=c1ccc2ccc(O)cc2o1.O=c1ccc2ccc(OCCCCCCBr)cc2o1.[H-].[K+].[K+]. The first-order chi connectivity index (χ1) is 20.9. The number of phenols is 1. The van der Waals surface area contributed by atoms with E-state index in [0.717, 1.165) is 38.9 Å². The van der Waals surface area contributed by atoms with Crippen LogP contribution in [-0.4, -0.2) is 34.2 Å². The van der Waals surface area contributed by atoms with Gasteiger partial charge in [0.1, 0.15) is 22.7 Å². The van der Waals surface area contributed by atoms with Crippen molar-refractivity contribution in [3.05, 3.63) is 81.5 Å². The molecule has 0 radical (unpaired) electrons. The van der Waals surface area contributed by atoms with Gasteiger partial charge in [0.05, 0.1) is 6.61 Å². The summed E-state index contributed by atoms with van der Waals surface area (Å²) >= 11 is 10.2. The van der Waals surface area contributed by atoms with Crippen LogP contribution in [-0.2, 0) is 9.68 Å². The number of alkyl halides is 3. The minimum Gasteiger partial charge on any atom is -1.00 e. The molecule has 14 heteroatoms. The van der Waals surface area contributed by atoms with E-state index in [1.54, 1.807) is 30.3 Å². The van der Waals surface area contributed by atoms with Gasteiger partial charge in [-0.25, -0.2) is 9.59 Å². The van der Waals surface area contributed by atoms with Gasteiger partial charge < -0.3 is 30.2 Å².